The van der Waals surface area contributed by atoms with Crippen LogP contribution in [-0.4, -0.2) is 28.0 Å². The number of nitriles is 1. The van der Waals surface area contributed by atoms with Crippen molar-refractivity contribution in [2.75, 3.05) is 18.0 Å². The Hall–Kier alpha value is -3.40. The zero-order chi connectivity index (χ0) is 18.1. The Morgan fingerprint density at radius 1 is 1.23 bits per heavy atom. The molecule has 0 unspecified atom stereocenters. The van der Waals surface area contributed by atoms with Crippen molar-refractivity contribution in [2.45, 2.75) is 18.8 Å². The molecule has 0 atom stereocenters. The number of aromatic nitrogens is 2. The minimum absolute atomic E-state index is 0.0474. The number of hydrogen-bond acceptors (Lipinski definition) is 5. The Kier molecular flexibility index (Phi) is 4.01. The van der Waals surface area contributed by atoms with Gasteiger partial charge in [-0.15, -0.1) is 0 Å². The fourth-order valence-corrected chi connectivity index (χ4v) is 3.56. The Morgan fingerprint density at radius 2 is 2.00 bits per heavy atom. The number of anilines is 1. The van der Waals surface area contributed by atoms with E-state index in [9.17, 15) is 10.1 Å². The second kappa shape index (κ2) is 6.48. The molecule has 3 aromatic rings. The van der Waals surface area contributed by atoms with Gasteiger partial charge in [-0.3, -0.25) is 10.1 Å². The molecule has 0 amide bonds. The highest BCUT2D eigenvalue weighted by Gasteiger charge is 2.27. The molecular weight excluding hydrogens is 330 g/mol. The third-order valence-corrected chi connectivity index (χ3v) is 4.93. The number of H-pyrrole nitrogens is 1. The standard InChI is InChI=1S/C19H17N5O2/c20-12-13-5-6-17(24(25)26)18(11-13)23-9-7-14(8-10-23)19-21-15-3-1-2-4-16(15)22-19/h1-6,11,14H,7-10H2,(H,21,22). The van der Waals surface area contributed by atoms with E-state index in [4.69, 9.17) is 5.26 Å². The van der Waals surface area contributed by atoms with Crippen LogP contribution in [-0.2, 0) is 0 Å². The highest BCUT2D eigenvalue weighted by molar-refractivity contribution is 5.74. The molecule has 1 N–H and O–H groups in total. The van der Waals surface area contributed by atoms with E-state index in [1.54, 1.807) is 6.07 Å². The van der Waals surface area contributed by atoms with E-state index in [2.05, 4.69) is 16.0 Å². The van der Waals surface area contributed by atoms with Gasteiger partial charge >= 0.3 is 0 Å². The number of piperidine rings is 1. The maximum absolute atomic E-state index is 11.3. The van der Waals surface area contributed by atoms with E-state index in [0.717, 1.165) is 29.7 Å². The molecule has 0 radical (unpaired) electrons. The second-order valence-corrected chi connectivity index (χ2v) is 6.47. The number of para-hydroxylation sites is 2. The van der Waals surface area contributed by atoms with Crippen molar-refractivity contribution < 1.29 is 4.92 Å². The Labute approximate surface area is 150 Å². The van der Waals surface area contributed by atoms with Gasteiger partial charge in [0.2, 0.25) is 0 Å². The largest absolute Gasteiger partial charge is 0.366 e. The first kappa shape index (κ1) is 16.1. The molecule has 2 aromatic carbocycles. The zero-order valence-corrected chi connectivity index (χ0v) is 14.1. The van der Waals surface area contributed by atoms with Gasteiger partial charge in [-0.1, -0.05) is 12.1 Å². The molecule has 0 spiro atoms. The van der Waals surface area contributed by atoms with E-state index in [-0.39, 0.29) is 10.6 Å². The third-order valence-electron chi connectivity index (χ3n) is 4.93. The van der Waals surface area contributed by atoms with Gasteiger partial charge in [0, 0.05) is 25.1 Å². The fourth-order valence-electron chi connectivity index (χ4n) is 3.56. The minimum atomic E-state index is -0.387. The first-order valence-electron chi connectivity index (χ1n) is 8.54. The monoisotopic (exact) mass is 347 g/mol. The maximum atomic E-state index is 11.3. The summed E-state index contributed by atoms with van der Waals surface area (Å²) in [6, 6.07) is 14.5. The van der Waals surface area contributed by atoms with Gasteiger partial charge in [0.25, 0.3) is 5.69 Å². The van der Waals surface area contributed by atoms with Gasteiger partial charge in [-0.05, 0) is 37.1 Å². The van der Waals surface area contributed by atoms with Gasteiger partial charge < -0.3 is 9.88 Å². The van der Waals surface area contributed by atoms with Gasteiger partial charge in [0.05, 0.1) is 27.6 Å². The van der Waals surface area contributed by atoms with Crippen molar-refractivity contribution >= 4 is 22.4 Å². The second-order valence-electron chi connectivity index (χ2n) is 6.47. The van der Waals surface area contributed by atoms with E-state index in [1.165, 1.54) is 12.1 Å². The topological polar surface area (TPSA) is 98.8 Å². The molecule has 4 rings (SSSR count). The van der Waals surface area contributed by atoms with Gasteiger partial charge in [0.15, 0.2) is 0 Å². The van der Waals surface area contributed by atoms with Crippen LogP contribution in [0.3, 0.4) is 0 Å². The Bertz CT molecular complexity index is 979. The quantitative estimate of drug-likeness (QED) is 0.575. The summed E-state index contributed by atoms with van der Waals surface area (Å²) in [5.41, 5.74) is 3.00. The lowest BCUT2D eigenvalue weighted by Gasteiger charge is -2.32. The van der Waals surface area contributed by atoms with Crippen molar-refractivity contribution in [2.24, 2.45) is 0 Å². The predicted octanol–water partition coefficient (Wildman–Crippen LogP) is 3.73. The van der Waals surface area contributed by atoms with Crippen LogP contribution >= 0.6 is 0 Å². The summed E-state index contributed by atoms with van der Waals surface area (Å²) in [6.45, 7) is 1.38. The summed E-state index contributed by atoms with van der Waals surface area (Å²) < 4.78 is 0. The van der Waals surface area contributed by atoms with Crippen LogP contribution in [0.2, 0.25) is 0 Å². The van der Waals surface area contributed by atoms with Crippen LogP contribution in [0.15, 0.2) is 42.5 Å². The number of nitro groups is 1. The summed E-state index contributed by atoms with van der Waals surface area (Å²) in [4.78, 5) is 21.0. The smallest absolute Gasteiger partial charge is 0.292 e. The number of aromatic amines is 1. The highest BCUT2D eigenvalue weighted by atomic mass is 16.6. The Morgan fingerprint density at radius 3 is 2.69 bits per heavy atom. The number of rotatable bonds is 3. The van der Waals surface area contributed by atoms with Gasteiger partial charge in [-0.25, -0.2) is 4.98 Å². The van der Waals surface area contributed by atoms with E-state index >= 15 is 0 Å². The number of nitro benzene ring substituents is 1. The number of fused-ring (bicyclic) bond motifs is 1. The maximum Gasteiger partial charge on any atom is 0.292 e. The van der Waals surface area contributed by atoms with Crippen molar-refractivity contribution in [1.29, 1.82) is 5.26 Å². The number of benzene rings is 2. The first-order valence-corrected chi connectivity index (χ1v) is 8.54. The molecule has 1 aliphatic heterocycles. The minimum Gasteiger partial charge on any atom is -0.366 e. The molecule has 1 saturated heterocycles. The molecule has 26 heavy (non-hydrogen) atoms. The molecule has 0 bridgehead atoms. The molecule has 1 aliphatic rings. The zero-order valence-electron chi connectivity index (χ0n) is 14.1. The molecule has 1 aromatic heterocycles. The fraction of sp³-hybridized carbons (Fsp3) is 0.263. The predicted molar refractivity (Wildman–Crippen MR) is 98.1 cm³/mol. The molecule has 2 heterocycles. The number of nitrogens with zero attached hydrogens (tertiary/aromatic N) is 4. The average Bonchev–Trinajstić information content (AvgIpc) is 3.11. The lowest BCUT2D eigenvalue weighted by atomic mass is 9.95. The molecule has 1 fully saturated rings. The molecular formula is C19H17N5O2. The number of nitrogens with one attached hydrogen (secondary N) is 1. The van der Waals surface area contributed by atoms with Crippen LogP contribution < -0.4 is 4.90 Å². The summed E-state index contributed by atoms with van der Waals surface area (Å²) in [7, 11) is 0. The number of hydrogen-bond donors (Lipinski definition) is 1. The summed E-state index contributed by atoms with van der Waals surface area (Å²) >= 11 is 0. The van der Waals surface area contributed by atoms with E-state index < -0.39 is 0 Å². The van der Waals surface area contributed by atoms with Crippen LogP contribution in [0.5, 0.6) is 0 Å². The van der Waals surface area contributed by atoms with Crippen molar-refractivity contribution in [1.82, 2.24) is 9.97 Å². The molecule has 7 nitrogen and oxygen atoms in total. The lowest BCUT2D eigenvalue weighted by Crippen LogP contribution is -2.33. The van der Waals surface area contributed by atoms with Crippen LogP contribution in [0, 0.1) is 21.4 Å². The SMILES string of the molecule is N#Cc1ccc([N+](=O)[O-])c(N2CCC(c3nc4ccccc4[nH]3)CC2)c1. The Balaban J connectivity index is 1.55. The average molecular weight is 347 g/mol. The highest BCUT2D eigenvalue weighted by Crippen LogP contribution is 2.35. The molecule has 7 heteroatoms. The molecule has 0 saturated carbocycles. The molecule has 0 aliphatic carbocycles. The van der Waals surface area contributed by atoms with Crippen molar-refractivity contribution in [3.63, 3.8) is 0 Å². The van der Waals surface area contributed by atoms with Crippen LogP contribution in [0.4, 0.5) is 11.4 Å². The van der Waals surface area contributed by atoms with Gasteiger partial charge in [-0.2, -0.15) is 5.26 Å². The molecule has 130 valence electrons. The van der Waals surface area contributed by atoms with Crippen LogP contribution in [0.25, 0.3) is 11.0 Å². The van der Waals surface area contributed by atoms with E-state index in [1.807, 2.05) is 29.2 Å². The third kappa shape index (κ3) is 2.86. The lowest BCUT2D eigenvalue weighted by molar-refractivity contribution is -0.384. The van der Waals surface area contributed by atoms with Crippen molar-refractivity contribution in [3.05, 3.63) is 64.0 Å². The summed E-state index contributed by atoms with van der Waals surface area (Å²) in [5.74, 6) is 1.28. The van der Waals surface area contributed by atoms with Gasteiger partial charge in [0.1, 0.15) is 11.5 Å². The van der Waals surface area contributed by atoms with Crippen LogP contribution in [0.1, 0.15) is 30.1 Å². The summed E-state index contributed by atoms with van der Waals surface area (Å²) in [5, 5.41) is 20.4. The normalized spacial score (nSPS) is 15.1. The van der Waals surface area contributed by atoms with Crippen molar-refractivity contribution in [3.8, 4) is 6.07 Å². The first-order chi connectivity index (χ1) is 12.7. The van der Waals surface area contributed by atoms with E-state index in [0.29, 0.717) is 30.3 Å². The number of imidazole rings is 1. The summed E-state index contributed by atoms with van der Waals surface area (Å²) in [6.07, 6.45) is 1.71.